The van der Waals surface area contributed by atoms with Gasteiger partial charge in [0, 0.05) is 5.56 Å². The summed E-state index contributed by atoms with van der Waals surface area (Å²) in [5, 5.41) is 0. The van der Waals surface area contributed by atoms with Gasteiger partial charge in [-0.2, -0.15) is 0 Å². The fourth-order valence-electron chi connectivity index (χ4n) is 1.27. The number of carbonyl (C=O) groups is 1. The van der Waals surface area contributed by atoms with Gasteiger partial charge in [0.1, 0.15) is 12.1 Å². The van der Waals surface area contributed by atoms with Crippen molar-refractivity contribution in [2.24, 2.45) is 0 Å². The summed E-state index contributed by atoms with van der Waals surface area (Å²) >= 11 is 0. The average Bonchev–Trinajstić information content (AvgIpc) is 2.14. The van der Waals surface area contributed by atoms with Crippen LogP contribution in [0.3, 0.4) is 0 Å². The third kappa shape index (κ3) is 2.98. The lowest BCUT2D eigenvalue weighted by Crippen LogP contribution is -1.90. The van der Waals surface area contributed by atoms with E-state index in [0.717, 1.165) is 24.8 Å². The van der Waals surface area contributed by atoms with Crippen molar-refractivity contribution in [2.45, 2.75) is 26.2 Å². The Morgan fingerprint density at radius 2 is 2.15 bits per heavy atom. The highest BCUT2D eigenvalue weighted by atomic mass is 19.1. The van der Waals surface area contributed by atoms with Crippen LogP contribution >= 0.6 is 0 Å². The fourth-order valence-corrected chi connectivity index (χ4v) is 1.27. The lowest BCUT2D eigenvalue weighted by Gasteiger charge is -2.00. The van der Waals surface area contributed by atoms with Crippen LogP contribution in [0.4, 0.5) is 4.39 Å². The van der Waals surface area contributed by atoms with Gasteiger partial charge >= 0.3 is 0 Å². The SMILES string of the molecule is CCCCc1cc(F)cc(C=O)c1. The molecule has 1 aromatic rings. The summed E-state index contributed by atoms with van der Waals surface area (Å²) in [5.41, 5.74) is 1.33. The van der Waals surface area contributed by atoms with Gasteiger partial charge in [0.25, 0.3) is 0 Å². The number of halogens is 1. The average molecular weight is 180 g/mol. The lowest BCUT2D eigenvalue weighted by molar-refractivity contribution is 0.112. The second-order valence-corrected chi connectivity index (χ2v) is 3.11. The van der Waals surface area contributed by atoms with Crippen molar-refractivity contribution in [3.63, 3.8) is 0 Å². The van der Waals surface area contributed by atoms with E-state index in [1.165, 1.54) is 12.1 Å². The van der Waals surface area contributed by atoms with E-state index in [1.807, 2.05) is 0 Å². The summed E-state index contributed by atoms with van der Waals surface area (Å²) in [4.78, 5) is 10.4. The molecule has 0 aromatic heterocycles. The van der Waals surface area contributed by atoms with E-state index in [9.17, 15) is 9.18 Å². The third-order valence-electron chi connectivity index (χ3n) is 1.93. The minimum Gasteiger partial charge on any atom is -0.298 e. The number of rotatable bonds is 4. The van der Waals surface area contributed by atoms with Gasteiger partial charge in [-0.15, -0.1) is 0 Å². The van der Waals surface area contributed by atoms with E-state index in [2.05, 4.69) is 6.92 Å². The molecule has 0 unspecified atom stereocenters. The number of unbranched alkanes of at least 4 members (excludes halogenated alkanes) is 1. The predicted octanol–water partition coefficient (Wildman–Crippen LogP) is 2.98. The first-order valence-corrected chi connectivity index (χ1v) is 4.51. The molecule has 0 aliphatic heterocycles. The maximum absolute atomic E-state index is 12.9. The Morgan fingerprint density at radius 1 is 1.38 bits per heavy atom. The van der Waals surface area contributed by atoms with Crippen molar-refractivity contribution in [1.29, 1.82) is 0 Å². The number of hydrogen-bond acceptors (Lipinski definition) is 1. The summed E-state index contributed by atoms with van der Waals surface area (Å²) in [5.74, 6) is -0.323. The van der Waals surface area contributed by atoms with Crippen LogP contribution in [-0.2, 0) is 6.42 Å². The van der Waals surface area contributed by atoms with Crippen LogP contribution < -0.4 is 0 Å². The van der Waals surface area contributed by atoms with Crippen molar-refractivity contribution < 1.29 is 9.18 Å². The van der Waals surface area contributed by atoms with Crippen LogP contribution in [0.25, 0.3) is 0 Å². The number of carbonyl (C=O) groups excluding carboxylic acids is 1. The Labute approximate surface area is 77.6 Å². The highest BCUT2D eigenvalue weighted by Crippen LogP contribution is 2.10. The Morgan fingerprint density at radius 3 is 2.77 bits per heavy atom. The van der Waals surface area contributed by atoms with Crippen LogP contribution in [0.15, 0.2) is 18.2 Å². The van der Waals surface area contributed by atoms with Crippen molar-refractivity contribution in [2.75, 3.05) is 0 Å². The molecule has 0 saturated heterocycles. The van der Waals surface area contributed by atoms with Gasteiger partial charge in [-0.1, -0.05) is 13.3 Å². The molecule has 1 aromatic carbocycles. The third-order valence-corrected chi connectivity index (χ3v) is 1.93. The van der Waals surface area contributed by atoms with Gasteiger partial charge < -0.3 is 0 Å². The second kappa shape index (κ2) is 4.75. The molecule has 70 valence electrons. The molecule has 2 heteroatoms. The minimum absolute atomic E-state index is 0.323. The van der Waals surface area contributed by atoms with E-state index < -0.39 is 0 Å². The standard InChI is InChI=1S/C11H13FO/c1-2-3-4-9-5-10(8-13)7-11(12)6-9/h5-8H,2-4H2,1H3. The van der Waals surface area contributed by atoms with E-state index in [-0.39, 0.29) is 5.82 Å². The molecule has 13 heavy (non-hydrogen) atoms. The molecular weight excluding hydrogens is 167 g/mol. The molecular formula is C11H13FO. The van der Waals surface area contributed by atoms with Gasteiger partial charge in [-0.25, -0.2) is 4.39 Å². The summed E-state index contributed by atoms with van der Waals surface area (Å²) < 4.78 is 12.9. The number of aldehydes is 1. The highest BCUT2D eigenvalue weighted by Gasteiger charge is 1.99. The maximum Gasteiger partial charge on any atom is 0.150 e. The Bertz CT molecular complexity index is 294. The molecule has 0 fully saturated rings. The molecule has 0 spiro atoms. The molecule has 0 radical (unpaired) electrons. The van der Waals surface area contributed by atoms with Crippen LogP contribution in [0.2, 0.25) is 0 Å². The Hall–Kier alpha value is -1.18. The quantitative estimate of drug-likeness (QED) is 0.651. The maximum atomic E-state index is 12.9. The van der Waals surface area contributed by atoms with Gasteiger partial charge in [-0.05, 0) is 36.6 Å². The Balaban J connectivity index is 2.81. The summed E-state index contributed by atoms with van der Waals surface area (Å²) in [6, 6.07) is 4.48. The highest BCUT2D eigenvalue weighted by molar-refractivity contribution is 5.75. The largest absolute Gasteiger partial charge is 0.298 e. The smallest absolute Gasteiger partial charge is 0.150 e. The topological polar surface area (TPSA) is 17.1 Å². The molecule has 0 atom stereocenters. The normalized spacial score (nSPS) is 10.0. The van der Waals surface area contributed by atoms with Crippen LogP contribution in [-0.4, -0.2) is 6.29 Å². The van der Waals surface area contributed by atoms with Crippen LogP contribution in [0.1, 0.15) is 35.7 Å². The van der Waals surface area contributed by atoms with E-state index in [0.29, 0.717) is 11.8 Å². The zero-order valence-corrected chi connectivity index (χ0v) is 7.72. The van der Waals surface area contributed by atoms with Gasteiger partial charge in [-0.3, -0.25) is 4.79 Å². The summed E-state index contributed by atoms with van der Waals surface area (Å²) in [6.45, 7) is 2.08. The van der Waals surface area contributed by atoms with Crippen molar-refractivity contribution in [3.05, 3.63) is 35.1 Å². The lowest BCUT2D eigenvalue weighted by atomic mass is 10.1. The minimum atomic E-state index is -0.323. The first-order chi connectivity index (χ1) is 6.26. The number of hydrogen-bond donors (Lipinski definition) is 0. The fraction of sp³-hybridized carbons (Fsp3) is 0.364. The molecule has 0 aliphatic rings. The van der Waals surface area contributed by atoms with E-state index in [4.69, 9.17) is 0 Å². The molecule has 0 saturated carbocycles. The van der Waals surface area contributed by atoms with Crippen LogP contribution in [0.5, 0.6) is 0 Å². The van der Waals surface area contributed by atoms with Gasteiger partial charge in [0.15, 0.2) is 0 Å². The van der Waals surface area contributed by atoms with E-state index in [1.54, 1.807) is 6.07 Å². The number of aryl methyl sites for hydroxylation is 1. The first kappa shape index (κ1) is 9.90. The first-order valence-electron chi connectivity index (χ1n) is 4.51. The summed E-state index contributed by atoms with van der Waals surface area (Å²) in [6.07, 6.45) is 3.63. The molecule has 0 amide bonds. The Kier molecular flexibility index (Phi) is 3.62. The molecule has 0 heterocycles. The zero-order valence-electron chi connectivity index (χ0n) is 7.72. The van der Waals surface area contributed by atoms with Crippen molar-refractivity contribution in [1.82, 2.24) is 0 Å². The molecule has 1 nitrogen and oxygen atoms in total. The van der Waals surface area contributed by atoms with Crippen molar-refractivity contribution in [3.8, 4) is 0 Å². The van der Waals surface area contributed by atoms with Gasteiger partial charge in [0.05, 0.1) is 0 Å². The molecule has 1 rings (SSSR count). The number of benzene rings is 1. The van der Waals surface area contributed by atoms with E-state index >= 15 is 0 Å². The van der Waals surface area contributed by atoms with Crippen LogP contribution in [0, 0.1) is 5.82 Å². The summed E-state index contributed by atoms with van der Waals surface area (Å²) in [7, 11) is 0. The zero-order chi connectivity index (χ0) is 9.68. The second-order valence-electron chi connectivity index (χ2n) is 3.11. The monoisotopic (exact) mass is 180 g/mol. The molecule has 0 bridgehead atoms. The van der Waals surface area contributed by atoms with Crippen molar-refractivity contribution >= 4 is 6.29 Å². The molecule has 0 N–H and O–H groups in total. The van der Waals surface area contributed by atoms with Gasteiger partial charge in [0.2, 0.25) is 0 Å². The molecule has 0 aliphatic carbocycles. The predicted molar refractivity (Wildman–Crippen MR) is 50.4 cm³/mol.